The molecule has 0 unspecified atom stereocenters. The normalized spacial score (nSPS) is 14.3. The van der Waals surface area contributed by atoms with Crippen LogP contribution in [0.25, 0.3) is 0 Å². The summed E-state index contributed by atoms with van der Waals surface area (Å²) in [6, 6.07) is 3.93. The molecule has 1 saturated carbocycles. The van der Waals surface area contributed by atoms with E-state index in [0.29, 0.717) is 17.6 Å². The summed E-state index contributed by atoms with van der Waals surface area (Å²) in [6.07, 6.45) is 4.03. The Labute approximate surface area is 126 Å². The van der Waals surface area contributed by atoms with Crippen LogP contribution in [0, 0.1) is 6.92 Å². The Hall–Kier alpha value is -1.89. The molecule has 0 spiro atoms. The maximum Gasteiger partial charge on any atom is 0.313 e. The van der Waals surface area contributed by atoms with Crippen LogP contribution in [0.4, 0.5) is 0 Å². The Morgan fingerprint density at radius 2 is 2.29 bits per heavy atom. The van der Waals surface area contributed by atoms with Gasteiger partial charge in [0.2, 0.25) is 0 Å². The Morgan fingerprint density at radius 3 is 2.95 bits per heavy atom. The lowest BCUT2D eigenvalue weighted by molar-refractivity contribution is -0.133. The monoisotopic (exact) mass is 304 g/mol. The average molecular weight is 304 g/mol. The minimum absolute atomic E-state index is 0.00992. The fourth-order valence-corrected chi connectivity index (χ4v) is 2.82. The van der Waals surface area contributed by atoms with Crippen LogP contribution in [0.3, 0.4) is 0 Å². The van der Waals surface area contributed by atoms with Crippen molar-refractivity contribution in [1.29, 1.82) is 0 Å². The van der Waals surface area contributed by atoms with Gasteiger partial charge in [-0.2, -0.15) is 0 Å². The van der Waals surface area contributed by atoms with Gasteiger partial charge in [0.1, 0.15) is 5.82 Å². The minimum atomic E-state index is -0.850. The van der Waals surface area contributed by atoms with E-state index in [9.17, 15) is 4.79 Å². The summed E-state index contributed by atoms with van der Waals surface area (Å²) >= 11 is 1.21. The Bertz CT molecular complexity index is 667. The average Bonchev–Trinajstić information content (AvgIpc) is 3.22. The summed E-state index contributed by atoms with van der Waals surface area (Å²) in [5, 5.41) is 17.9. The van der Waals surface area contributed by atoms with Gasteiger partial charge in [-0.3, -0.25) is 14.3 Å². The van der Waals surface area contributed by atoms with Gasteiger partial charge in [-0.1, -0.05) is 17.8 Å². The summed E-state index contributed by atoms with van der Waals surface area (Å²) in [4.78, 5) is 15.2. The number of carbonyl (C=O) groups is 1. The number of carboxylic acid groups (broad SMARTS) is 1. The van der Waals surface area contributed by atoms with Crippen molar-refractivity contribution in [2.24, 2.45) is 0 Å². The molecule has 3 rings (SSSR count). The predicted octanol–water partition coefficient (Wildman–Crippen LogP) is 2.08. The molecule has 2 aromatic heterocycles. The number of nitrogens with zero attached hydrogens (tertiary/aromatic N) is 4. The van der Waals surface area contributed by atoms with Crippen LogP contribution in [0.2, 0.25) is 0 Å². The summed E-state index contributed by atoms with van der Waals surface area (Å²) in [5.74, 6) is 0.550. The lowest BCUT2D eigenvalue weighted by atomic mass is 10.2. The van der Waals surface area contributed by atoms with Crippen molar-refractivity contribution in [1.82, 2.24) is 19.7 Å². The predicted molar refractivity (Wildman–Crippen MR) is 78.4 cm³/mol. The number of rotatable bonds is 6. The highest BCUT2D eigenvalue weighted by molar-refractivity contribution is 7.99. The smallest absolute Gasteiger partial charge is 0.313 e. The molecule has 0 bridgehead atoms. The molecule has 2 heterocycles. The van der Waals surface area contributed by atoms with Crippen molar-refractivity contribution in [2.75, 3.05) is 5.75 Å². The van der Waals surface area contributed by atoms with Crippen molar-refractivity contribution in [3.05, 3.63) is 35.4 Å². The van der Waals surface area contributed by atoms with E-state index in [1.165, 1.54) is 11.8 Å². The van der Waals surface area contributed by atoms with Crippen molar-refractivity contribution in [3.63, 3.8) is 0 Å². The molecule has 6 nitrogen and oxygen atoms in total. The van der Waals surface area contributed by atoms with Crippen LogP contribution in [-0.2, 0) is 11.3 Å². The number of aliphatic carboxylic acids is 1. The van der Waals surface area contributed by atoms with E-state index in [0.717, 1.165) is 29.9 Å². The maximum atomic E-state index is 10.8. The van der Waals surface area contributed by atoms with Gasteiger partial charge >= 0.3 is 5.97 Å². The fourth-order valence-electron chi connectivity index (χ4n) is 2.16. The first kappa shape index (κ1) is 14.1. The molecule has 1 N–H and O–H groups in total. The van der Waals surface area contributed by atoms with E-state index < -0.39 is 5.97 Å². The van der Waals surface area contributed by atoms with E-state index in [-0.39, 0.29) is 5.75 Å². The largest absolute Gasteiger partial charge is 0.481 e. The van der Waals surface area contributed by atoms with Crippen molar-refractivity contribution >= 4 is 17.7 Å². The van der Waals surface area contributed by atoms with Gasteiger partial charge < -0.3 is 5.11 Å². The molecule has 1 aliphatic carbocycles. The number of aromatic nitrogens is 4. The Morgan fingerprint density at radius 1 is 1.48 bits per heavy atom. The summed E-state index contributed by atoms with van der Waals surface area (Å²) in [7, 11) is 0. The van der Waals surface area contributed by atoms with Gasteiger partial charge in [-0.05, 0) is 31.4 Å². The topological polar surface area (TPSA) is 80.9 Å². The molecule has 0 atom stereocenters. The molecule has 0 radical (unpaired) electrons. The van der Waals surface area contributed by atoms with Gasteiger partial charge in [0, 0.05) is 12.1 Å². The van der Waals surface area contributed by atoms with E-state index in [4.69, 9.17) is 5.11 Å². The first-order valence-corrected chi connectivity index (χ1v) is 7.82. The molecule has 0 aromatic carbocycles. The van der Waals surface area contributed by atoms with E-state index in [2.05, 4.69) is 15.2 Å². The molecular formula is C14H16N4O2S. The standard InChI is InChI=1S/C14H16N4O2S/c1-9-3-2-6-15-11(9)7-18-13(10-4-5-10)16-17-14(18)21-8-12(19)20/h2-3,6,10H,4-5,7-8H2,1H3,(H,19,20). The van der Waals surface area contributed by atoms with Crippen molar-refractivity contribution < 1.29 is 9.90 Å². The van der Waals surface area contributed by atoms with Gasteiger partial charge in [0.05, 0.1) is 18.0 Å². The van der Waals surface area contributed by atoms with Crippen molar-refractivity contribution in [3.8, 4) is 0 Å². The van der Waals surface area contributed by atoms with E-state index in [1.807, 2.05) is 23.6 Å². The molecule has 0 saturated heterocycles. The molecule has 0 aliphatic heterocycles. The SMILES string of the molecule is Cc1cccnc1Cn1c(SCC(=O)O)nnc1C1CC1. The zero-order valence-electron chi connectivity index (χ0n) is 11.7. The minimum Gasteiger partial charge on any atom is -0.481 e. The number of pyridine rings is 1. The second-order valence-corrected chi connectivity index (χ2v) is 6.09. The van der Waals surface area contributed by atoms with Crippen LogP contribution >= 0.6 is 11.8 Å². The number of aryl methyl sites for hydroxylation is 1. The van der Waals surface area contributed by atoms with Crippen LogP contribution in [0.15, 0.2) is 23.5 Å². The van der Waals surface area contributed by atoms with Gasteiger partial charge in [-0.25, -0.2) is 0 Å². The number of carboxylic acids is 1. The zero-order chi connectivity index (χ0) is 14.8. The lowest BCUT2D eigenvalue weighted by Gasteiger charge is -2.10. The first-order chi connectivity index (χ1) is 10.1. The second-order valence-electron chi connectivity index (χ2n) is 5.15. The summed E-state index contributed by atoms with van der Waals surface area (Å²) < 4.78 is 2.01. The molecule has 1 aliphatic rings. The molecule has 0 amide bonds. The highest BCUT2D eigenvalue weighted by atomic mass is 32.2. The highest BCUT2D eigenvalue weighted by Gasteiger charge is 2.30. The zero-order valence-corrected chi connectivity index (χ0v) is 12.5. The van der Waals surface area contributed by atoms with Crippen LogP contribution in [0.5, 0.6) is 0 Å². The summed E-state index contributed by atoms with van der Waals surface area (Å²) in [5.41, 5.74) is 2.08. The third kappa shape index (κ3) is 3.24. The van der Waals surface area contributed by atoms with Crippen LogP contribution in [-0.4, -0.2) is 36.6 Å². The van der Waals surface area contributed by atoms with E-state index >= 15 is 0 Å². The Kier molecular flexibility index (Phi) is 3.92. The lowest BCUT2D eigenvalue weighted by Crippen LogP contribution is -2.09. The molecule has 2 aromatic rings. The maximum absolute atomic E-state index is 10.8. The van der Waals surface area contributed by atoms with Gasteiger partial charge in [-0.15, -0.1) is 10.2 Å². The third-order valence-electron chi connectivity index (χ3n) is 3.44. The molecular weight excluding hydrogens is 288 g/mol. The first-order valence-electron chi connectivity index (χ1n) is 6.83. The van der Waals surface area contributed by atoms with Crippen LogP contribution in [0.1, 0.15) is 35.8 Å². The number of hydrogen-bond acceptors (Lipinski definition) is 5. The van der Waals surface area contributed by atoms with Gasteiger partial charge in [0.15, 0.2) is 5.16 Å². The van der Waals surface area contributed by atoms with Crippen LogP contribution < -0.4 is 0 Å². The molecule has 1 fully saturated rings. The number of thioether (sulfide) groups is 1. The summed E-state index contributed by atoms with van der Waals surface area (Å²) in [6.45, 7) is 2.61. The van der Waals surface area contributed by atoms with Gasteiger partial charge in [0.25, 0.3) is 0 Å². The molecule has 7 heteroatoms. The second kappa shape index (κ2) is 5.85. The van der Waals surface area contributed by atoms with Crippen molar-refractivity contribution in [2.45, 2.75) is 37.4 Å². The fraction of sp³-hybridized carbons (Fsp3) is 0.429. The third-order valence-corrected chi connectivity index (χ3v) is 4.39. The van der Waals surface area contributed by atoms with E-state index in [1.54, 1.807) is 6.20 Å². The number of hydrogen-bond donors (Lipinski definition) is 1. The molecule has 110 valence electrons. The Balaban J connectivity index is 1.89. The quantitative estimate of drug-likeness (QED) is 0.823. The molecule has 21 heavy (non-hydrogen) atoms. The highest BCUT2D eigenvalue weighted by Crippen LogP contribution is 2.40.